The third-order valence-corrected chi connectivity index (χ3v) is 4.39. The molecule has 0 bridgehead atoms. The van der Waals surface area contributed by atoms with E-state index < -0.39 is 11.7 Å². The largest absolute Gasteiger partial charge is 0.495 e. The van der Waals surface area contributed by atoms with Crippen molar-refractivity contribution in [3.05, 3.63) is 83.7 Å². The second kappa shape index (κ2) is 11.3. The van der Waals surface area contributed by atoms with E-state index in [1.165, 1.54) is 38.6 Å². The van der Waals surface area contributed by atoms with Crippen LogP contribution in [0.5, 0.6) is 17.2 Å². The lowest BCUT2D eigenvalue weighted by molar-refractivity contribution is -0.118. The Labute approximate surface area is 190 Å². The first-order valence-corrected chi connectivity index (χ1v) is 9.83. The number of amides is 2. The molecule has 8 nitrogen and oxygen atoms in total. The van der Waals surface area contributed by atoms with Crippen molar-refractivity contribution < 1.29 is 28.2 Å². The number of carbonyl (C=O) groups excluding carboxylic acids is 2. The van der Waals surface area contributed by atoms with Gasteiger partial charge in [-0.1, -0.05) is 18.2 Å². The van der Waals surface area contributed by atoms with E-state index in [4.69, 9.17) is 14.2 Å². The fourth-order valence-corrected chi connectivity index (χ4v) is 2.82. The molecule has 0 aromatic heterocycles. The molecule has 3 rings (SSSR count). The van der Waals surface area contributed by atoms with Gasteiger partial charge in [-0.25, -0.2) is 9.82 Å². The fraction of sp³-hybridized carbons (Fsp3) is 0.125. The average molecular weight is 451 g/mol. The molecule has 0 saturated heterocycles. The Balaban J connectivity index is 1.58. The van der Waals surface area contributed by atoms with Gasteiger partial charge in [-0.15, -0.1) is 0 Å². The van der Waals surface area contributed by atoms with Crippen LogP contribution in [0.15, 0.2) is 71.8 Å². The van der Waals surface area contributed by atoms with Gasteiger partial charge in [-0.2, -0.15) is 5.10 Å². The van der Waals surface area contributed by atoms with Crippen molar-refractivity contribution >= 4 is 23.7 Å². The summed E-state index contributed by atoms with van der Waals surface area (Å²) in [4.78, 5) is 24.2. The summed E-state index contributed by atoms with van der Waals surface area (Å²) in [5.74, 6) is -0.153. The molecule has 0 aliphatic heterocycles. The number of benzene rings is 3. The minimum absolute atomic E-state index is 0.153. The van der Waals surface area contributed by atoms with Crippen LogP contribution in [0.1, 0.15) is 15.9 Å². The van der Waals surface area contributed by atoms with Gasteiger partial charge in [-0.3, -0.25) is 9.59 Å². The molecule has 170 valence electrons. The van der Waals surface area contributed by atoms with Crippen LogP contribution < -0.4 is 25.0 Å². The summed E-state index contributed by atoms with van der Waals surface area (Å²) in [5, 5.41) is 6.59. The standard InChI is InChI=1S/C24H22FN3O5/c1-31-20-9-4-3-8-19(20)27-23(29)15-33-21-11-10-16(12-22(21)32-2)14-26-28-24(30)17-6-5-7-18(25)13-17/h3-14H,15H2,1-2H3,(H,27,29)(H,28,30)/b26-14-. The Bertz CT molecular complexity index is 1170. The van der Waals surface area contributed by atoms with Crippen LogP contribution in [0.2, 0.25) is 0 Å². The minimum Gasteiger partial charge on any atom is -0.495 e. The molecule has 0 heterocycles. The fourth-order valence-electron chi connectivity index (χ4n) is 2.82. The summed E-state index contributed by atoms with van der Waals surface area (Å²) >= 11 is 0. The Morgan fingerprint density at radius 1 is 0.939 bits per heavy atom. The number of halogens is 1. The summed E-state index contributed by atoms with van der Waals surface area (Å²) in [6, 6.07) is 17.2. The molecule has 0 spiro atoms. The second-order valence-electron chi connectivity index (χ2n) is 6.66. The van der Waals surface area contributed by atoms with Crippen molar-refractivity contribution in [1.82, 2.24) is 5.43 Å². The van der Waals surface area contributed by atoms with Gasteiger partial charge in [-0.05, 0) is 54.1 Å². The van der Waals surface area contributed by atoms with Gasteiger partial charge in [0, 0.05) is 5.56 Å². The zero-order valence-electron chi connectivity index (χ0n) is 18.0. The zero-order valence-corrected chi connectivity index (χ0v) is 18.0. The highest BCUT2D eigenvalue weighted by atomic mass is 19.1. The van der Waals surface area contributed by atoms with Crippen LogP contribution in [0.4, 0.5) is 10.1 Å². The Morgan fingerprint density at radius 3 is 2.48 bits per heavy atom. The summed E-state index contributed by atoms with van der Waals surface area (Å²) in [5.41, 5.74) is 3.62. The molecule has 0 unspecified atom stereocenters. The van der Waals surface area contributed by atoms with Crippen molar-refractivity contribution in [2.24, 2.45) is 5.10 Å². The number of para-hydroxylation sites is 2. The second-order valence-corrected chi connectivity index (χ2v) is 6.66. The molecule has 0 saturated carbocycles. The molecule has 3 aromatic carbocycles. The lowest BCUT2D eigenvalue weighted by Crippen LogP contribution is -2.20. The quantitative estimate of drug-likeness (QED) is 0.383. The predicted molar refractivity (Wildman–Crippen MR) is 122 cm³/mol. The summed E-state index contributed by atoms with van der Waals surface area (Å²) in [6.45, 7) is -0.245. The Kier molecular flexibility index (Phi) is 7.96. The minimum atomic E-state index is -0.543. The number of ether oxygens (including phenoxy) is 3. The molecule has 0 aliphatic carbocycles. The number of methoxy groups -OCH3 is 2. The first kappa shape index (κ1) is 23.3. The average Bonchev–Trinajstić information content (AvgIpc) is 2.83. The van der Waals surface area contributed by atoms with Gasteiger partial charge in [0.2, 0.25) is 0 Å². The van der Waals surface area contributed by atoms with Gasteiger partial charge in [0.1, 0.15) is 11.6 Å². The third kappa shape index (κ3) is 6.54. The van der Waals surface area contributed by atoms with E-state index >= 15 is 0 Å². The number of hydrogen-bond acceptors (Lipinski definition) is 6. The third-order valence-electron chi connectivity index (χ3n) is 4.39. The molecule has 0 aliphatic rings. The van der Waals surface area contributed by atoms with Crippen molar-refractivity contribution in [3.63, 3.8) is 0 Å². The van der Waals surface area contributed by atoms with Crippen molar-refractivity contribution in [3.8, 4) is 17.2 Å². The molecular formula is C24H22FN3O5. The molecule has 2 N–H and O–H groups in total. The van der Waals surface area contributed by atoms with Crippen LogP contribution in [-0.4, -0.2) is 38.9 Å². The number of anilines is 1. The van der Waals surface area contributed by atoms with Gasteiger partial charge >= 0.3 is 0 Å². The zero-order chi connectivity index (χ0) is 23.6. The van der Waals surface area contributed by atoms with Gasteiger partial charge in [0.05, 0.1) is 26.1 Å². The van der Waals surface area contributed by atoms with Crippen LogP contribution >= 0.6 is 0 Å². The Hall–Kier alpha value is -4.40. The molecule has 0 atom stereocenters. The van der Waals surface area contributed by atoms with E-state index in [1.807, 2.05) is 0 Å². The predicted octanol–water partition coefficient (Wildman–Crippen LogP) is 3.62. The van der Waals surface area contributed by atoms with Crippen molar-refractivity contribution in [1.29, 1.82) is 0 Å². The Morgan fingerprint density at radius 2 is 1.73 bits per heavy atom. The van der Waals surface area contributed by atoms with E-state index in [-0.39, 0.29) is 18.1 Å². The number of rotatable bonds is 9. The van der Waals surface area contributed by atoms with Crippen LogP contribution in [0, 0.1) is 5.82 Å². The maximum Gasteiger partial charge on any atom is 0.271 e. The maximum atomic E-state index is 13.2. The van der Waals surface area contributed by atoms with Crippen LogP contribution in [0.3, 0.4) is 0 Å². The lowest BCUT2D eigenvalue weighted by atomic mass is 10.2. The van der Waals surface area contributed by atoms with Crippen LogP contribution in [0.25, 0.3) is 0 Å². The molecule has 3 aromatic rings. The van der Waals surface area contributed by atoms with Crippen molar-refractivity contribution in [2.75, 3.05) is 26.1 Å². The molecule has 9 heteroatoms. The first-order valence-electron chi connectivity index (χ1n) is 9.83. The topological polar surface area (TPSA) is 98.3 Å². The molecule has 2 amide bonds. The van der Waals surface area contributed by atoms with E-state index in [0.717, 1.165) is 6.07 Å². The normalized spacial score (nSPS) is 10.5. The van der Waals surface area contributed by atoms with Gasteiger partial charge in [0.25, 0.3) is 11.8 Å². The highest BCUT2D eigenvalue weighted by Crippen LogP contribution is 2.28. The van der Waals surface area contributed by atoms with Crippen molar-refractivity contribution in [2.45, 2.75) is 0 Å². The van der Waals surface area contributed by atoms with E-state index in [1.54, 1.807) is 42.5 Å². The number of hydrogen-bond donors (Lipinski definition) is 2. The van der Waals surface area contributed by atoms with Crippen LogP contribution in [-0.2, 0) is 4.79 Å². The highest BCUT2D eigenvalue weighted by molar-refractivity contribution is 5.95. The molecular weight excluding hydrogens is 429 g/mol. The van der Waals surface area contributed by atoms with Gasteiger partial charge in [0.15, 0.2) is 18.1 Å². The summed E-state index contributed by atoms with van der Waals surface area (Å²) in [6.07, 6.45) is 1.40. The van der Waals surface area contributed by atoms with E-state index in [2.05, 4.69) is 15.8 Å². The van der Waals surface area contributed by atoms with E-state index in [0.29, 0.717) is 28.5 Å². The molecule has 0 fully saturated rings. The number of carbonyl (C=O) groups is 2. The number of nitrogens with zero attached hydrogens (tertiary/aromatic N) is 1. The maximum absolute atomic E-state index is 13.2. The van der Waals surface area contributed by atoms with Gasteiger partial charge < -0.3 is 19.5 Å². The van der Waals surface area contributed by atoms with E-state index in [9.17, 15) is 14.0 Å². The molecule has 33 heavy (non-hydrogen) atoms. The number of hydrazone groups is 1. The monoisotopic (exact) mass is 451 g/mol. The summed E-state index contributed by atoms with van der Waals surface area (Å²) < 4.78 is 29.3. The SMILES string of the molecule is COc1ccccc1NC(=O)COc1ccc(/C=N\NC(=O)c2cccc(F)c2)cc1OC. The highest BCUT2D eigenvalue weighted by Gasteiger charge is 2.11. The lowest BCUT2D eigenvalue weighted by Gasteiger charge is -2.12. The first-order chi connectivity index (χ1) is 16.0. The number of nitrogens with one attached hydrogen (secondary N) is 2. The molecule has 0 radical (unpaired) electrons. The smallest absolute Gasteiger partial charge is 0.271 e. The summed E-state index contributed by atoms with van der Waals surface area (Å²) in [7, 11) is 2.98.